The van der Waals surface area contributed by atoms with Gasteiger partial charge in [0.1, 0.15) is 10.7 Å². The number of pyridine rings is 1. The molecule has 1 heterocycles. The Morgan fingerprint density at radius 1 is 1.46 bits per heavy atom. The molecule has 0 bridgehead atoms. The minimum Gasteiger partial charge on any atom is -0.248 e. The fourth-order valence-corrected chi connectivity index (χ4v) is 1.59. The Bertz CT molecular complexity index is 358. The maximum atomic E-state index is 8.94. The van der Waals surface area contributed by atoms with Gasteiger partial charge in [-0.05, 0) is 33.0 Å². The summed E-state index contributed by atoms with van der Waals surface area (Å²) >= 11 is 3.27. The van der Waals surface area contributed by atoms with Gasteiger partial charge in [-0.3, -0.25) is 0 Å². The summed E-state index contributed by atoms with van der Waals surface area (Å²) in [7, 11) is 0. The molecule has 1 rings (SSSR count). The zero-order chi connectivity index (χ0) is 10.1. The van der Waals surface area contributed by atoms with Gasteiger partial charge in [-0.15, -0.1) is 0 Å². The molecule has 0 fully saturated rings. The SMILES string of the molecule is CC(C)(C)c1ccnc(Br)c1C#N. The molecule has 1 aromatic heterocycles. The van der Waals surface area contributed by atoms with Crippen LogP contribution in [0.4, 0.5) is 0 Å². The molecule has 0 aliphatic heterocycles. The summed E-state index contributed by atoms with van der Waals surface area (Å²) in [6.45, 7) is 6.24. The monoisotopic (exact) mass is 238 g/mol. The van der Waals surface area contributed by atoms with Gasteiger partial charge in [-0.2, -0.15) is 5.26 Å². The van der Waals surface area contributed by atoms with Crippen molar-refractivity contribution in [3.8, 4) is 6.07 Å². The Balaban J connectivity index is 3.40. The standard InChI is InChI=1S/C10H11BrN2/c1-10(2,3)8-4-5-13-9(11)7(8)6-12/h4-5H,1-3H3. The van der Waals surface area contributed by atoms with Crippen LogP contribution >= 0.6 is 15.9 Å². The fraction of sp³-hybridized carbons (Fsp3) is 0.400. The van der Waals surface area contributed by atoms with Crippen molar-refractivity contribution in [2.24, 2.45) is 0 Å². The van der Waals surface area contributed by atoms with Crippen LogP contribution in [0, 0.1) is 11.3 Å². The average Bonchev–Trinajstić information content (AvgIpc) is 2.02. The molecule has 0 saturated carbocycles. The Hall–Kier alpha value is -0.880. The third kappa shape index (κ3) is 2.07. The van der Waals surface area contributed by atoms with Gasteiger partial charge in [0.05, 0.1) is 5.56 Å². The molecule has 0 aromatic carbocycles. The zero-order valence-corrected chi connectivity index (χ0v) is 9.51. The Morgan fingerprint density at radius 2 is 2.08 bits per heavy atom. The van der Waals surface area contributed by atoms with Crippen molar-refractivity contribution in [2.45, 2.75) is 26.2 Å². The molecule has 0 N–H and O–H groups in total. The number of nitrogens with zero attached hydrogens (tertiary/aromatic N) is 2. The quantitative estimate of drug-likeness (QED) is 0.652. The average molecular weight is 239 g/mol. The molecule has 2 nitrogen and oxygen atoms in total. The van der Waals surface area contributed by atoms with Gasteiger partial charge in [-0.1, -0.05) is 20.8 Å². The van der Waals surface area contributed by atoms with E-state index in [4.69, 9.17) is 5.26 Å². The van der Waals surface area contributed by atoms with Crippen molar-refractivity contribution >= 4 is 15.9 Å². The van der Waals surface area contributed by atoms with Crippen molar-refractivity contribution in [1.82, 2.24) is 4.98 Å². The van der Waals surface area contributed by atoms with E-state index in [0.717, 1.165) is 5.56 Å². The third-order valence-electron chi connectivity index (χ3n) is 1.82. The van der Waals surface area contributed by atoms with Crippen molar-refractivity contribution in [3.05, 3.63) is 28.0 Å². The van der Waals surface area contributed by atoms with Crippen LogP contribution in [0.15, 0.2) is 16.9 Å². The topological polar surface area (TPSA) is 36.7 Å². The Labute approximate surface area is 86.7 Å². The van der Waals surface area contributed by atoms with E-state index in [0.29, 0.717) is 10.2 Å². The first-order chi connectivity index (χ1) is 5.96. The first-order valence-electron chi connectivity index (χ1n) is 4.02. The zero-order valence-electron chi connectivity index (χ0n) is 7.93. The summed E-state index contributed by atoms with van der Waals surface area (Å²) in [6, 6.07) is 4.05. The summed E-state index contributed by atoms with van der Waals surface area (Å²) < 4.78 is 0.627. The predicted molar refractivity (Wildman–Crippen MR) is 55.4 cm³/mol. The summed E-state index contributed by atoms with van der Waals surface area (Å²) in [5.74, 6) is 0. The van der Waals surface area contributed by atoms with Crippen molar-refractivity contribution < 1.29 is 0 Å². The van der Waals surface area contributed by atoms with E-state index in [-0.39, 0.29) is 5.41 Å². The molecule has 0 amide bonds. The van der Waals surface area contributed by atoms with Crippen molar-refractivity contribution in [2.75, 3.05) is 0 Å². The minimum absolute atomic E-state index is 0.0173. The van der Waals surface area contributed by atoms with E-state index in [1.54, 1.807) is 6.20 Å². The number of halogens is 1. The highest BCUT2D eigenvalue weighted by atomic mass is 79.9. The van der Waals surface area contributed by atoms with Crippen molar-refractivity contribution in [3.63, 3.8) is 0 Å². The molecule has 0 spiro atoms. The molecule has 0 aliphatic rings. The van der Waals surface area contributed by atoms with Gasteiger partial charge in [0.15, 0.2) is 0 Å². The molecule has 0 radical (unpaired) electrons. The van der Waals surface area contributed by atoms with E-state index in [2.05, 4.69) is 47.8 Å². The fourth-order valence-electron chi connectivity index (χ4n) is 1.17. The predicted octanol–water partition coefficient (Wildman–Crippen LogP) is 3.01. The lowest BCUT2D eigenvalue weighted by Gasteiger charge is -2.20. The second kappa shape index (κ2) is 3.47. The van der Waals surface area contributed by atoms with E-state index in [1.165, 1.54) is 0 Å². The van der Waals surface area contributed by atoms with Crippen LogP contribution in [0.1, 0.15) is 31.9 Å². The lowest BCUT2D eigenvalue weighted by atomic mass is 9.85. The lowest BCUT2D eigenvalue weighted by Crippen LogP contribution is -2.13. The lowest BCUT2D eigenvalue weighted by molar-refractivity contribution is 0.587. The van der Waals surface area contributed by atoms with Gasteiger partial charge in [0, 0.05) is 6.20 Å². The van der Waals surface area contributed by atoms with Gasteiger partial charge >= 0.3 is 0 Å². The largest absolute Gasteiger partial charge is 0.248 e. The van der Waals surface area contributed by atoms with E-state index in [9.17, 15) is 0 Å². The molecule has 68 valence electrons. The van der Waals surface area contributed by atoms with Crippen LogP contribution in [0.2, 0.25) is 0 Å². The van der Waals surface area contributed by atoms with Gasteiger partial charge in [0.2, 0.25) is 0 Å². The summed E-state index contributed by atoms with van der Waals surface area (Å²) in [5.41, 5.74) is 1.64. The molecule has 0 aliphatic carbocycles. The summed E-state index contributed by atoms with van der Waals surface area (Å²) in [6.07, 6.45) is 1.71. The molecular weight excluding hydrogens is 228 g/mol. The highest BCUT2D eigenvalue weighted by Crippen LogP contribution is 2.28. The summed E-state index contributed by atoms with van der Waals surface area (Å²) in [4.78, 5) is 4.02. The van der Waals surface area contributed by atoms with Crippen LogP contribution in [0.3, 0.4) is 0 Å². The molecule has 0 saturated heterocycles. The second-order valence-corrected chi connectivity index (χ2v) is 4.64. The maximum absolute atomic E-state index is 8.94. The molecule has 0 unspecified atom stereocenters. The van der Waals surface area contributed by atoms with E-state index >= 15 is 0 Å². The Kier molecular flexibility index (Phi) is 2.72. The number of nitriles is 1. The molecule has 3 heteroatoms. The minimum atomic E-state index is -0.0173. The highest BCUT2D eigenvalue weighted by molar-refractivity contribution is 9.10. The number of aromatic nitrogens is 1. The van der Waals surface area contributed by atoms with Gasteiger partial charge in [0.25, 0.3) is 0 Å². The Morgan fingerprint density at radius 3 is 2.46 bits per heavy atom. The first kappa shape index (κ1) is 10.2. The van der Waals surface area contributed by atoms with Crippen molar-refractivity contribution in [1.29, 1.82) is 5.26 Å². The highest BCUT2D eigenvalue weighted by Gasteiger charge is 2.19. The number of hydrogen-bond donors (Lipinski definition) is 0. The van der Waals surface area contributed by atoms with E-state index in [1.807, 2.05) is 6.07 Å². The molecule has 13 heavy (non-hydrogen) atoms. The first-order valence-corrected chi connectivity index (χ1v) is 4.81. The maximum Gasteiger partial charge on any atom is 0.124 e. The van der Waals surface area contributed by atoms with Crippen LogP contribution in [-0.2, 0) is 5.41 Å². The molecular formula is C10H11BrN2. The van der Waals surface area contributed by atoms with Gasteiger partial charge in [-0.25, -0.2) is 4.98 Å². The van der Waals surface area contributed by atoms with Crippen LogP contribution in [-0.4, -0.2) is 4.98 Å². The number of hydrogen-bond acceptors (Lipinski definition) is 2. The van der Waals surface area contributed by atoms with Crippen LogP contribution in [0.5, 0.6) is 0 Å². The van der Waals surface area contributed by atoms with Crippen LogP contribution in [0.25, 0.3) is 0 Å². The molecule has 0 atom stereocenters. The smallest absolute Gasteiger partial charge is 0.124 e. The normalized spacial score (nSPS) is 11.0. The van der Waals surface area contributed by atoms with Gasteiger partial charge < -0.3 is 0 Å². The van der Waals surface area contributed by atoms with E-state index < -0.39 is 0 Å². The third-order valence-corrected chi connectivity index (χ3v) is 2.43. The van der Waals surface area contributed by atoms with Crippen LogP contribution < -0.4 is 0 Å². The number of rotatable bonds is 0. The molecule has 1 aromatic rings. The summed E-state index contributed by atoms with van der Waals surface area (Å²) in [5, 5.41) is 8.94. The second-order valence-electron chi connectivity index (χ2n) is 3.89.